The highest BCUT2D eigenvalue weighted by Gasteiger charge is 2.51. The Bertz CT molecular complexity index is 1160. The number of hydrogen-bond donors (Lipinski definition) is 4. The molecule has 3 aliphatic rings. The first-order valence-corrected chi connectivity index (χ1v) is 9.34. The molecule has 0 saturated heterocycles. The number of halogens is 3. The van der Waals surface area contributed by atoms with Crippen molar-refractivity contribution in [3.05, 3.63) is 51.8 Å². The van der Waals surface area contributed by atoms with Gasteiger partial charge in [-0.1, -0.05) is 0 Å². The van der Waals surface area contributed by atoms with Crippen LogP contribution in [-0.2, 0) is 20.8 Å². The summed E-state index contributed by atoms with van der Waals surface area (Å²) < 4.78 is 39.8. The third-order valence-electron chi connectivity index (χ3n) is 6.17. The highest BCUT2D eigenvalue weighted by molar-refractivity contribution is 6.21. The first-order valence-electron chi connectivity index (χ1n) is 9.34. The van der Waals surface area contributed by atoms with Crippen molar-refractivity contribution >= 4 is 29.1 Å². The van der Waals surface area contributed by atoms with E-state index in [1.165, 1.54) is 0 Å². The quantitative estimate of drug-likeness (QED) is 0.527. The third kappa shape index (κ3) is 2.93. The van der Waals surface area contributed by atoms with Crippen molar-refractivity contribution in [1.29, 1.82) is 0 Å². The van der Waals surface area contributed by atoms with Crippen LogP contribution in [0.3, 0.4) is 0 Å². The number of nitrogens with two attached hydrogens (primary N) is 1. The molecule has 3 aliphatic carbocycles. The van der Waals surface area contributed by atoms with E-state index in [1.807, 2.05) is 0 Å². The van der Waals surface area contributed by atoms with Gasteiger partial charge in [-0.05, 0) is 42.4 Å². The van der Waals surface area contributed by atoms with Crippen molar-refractivity contribution in [2.75, 3.05) is 0 Å². The summed E-state index contributed by atoms with van der Waals surface area (Å²) in [4.78, 5) is 37.0. The van der Waals surface area contributed by atoms with Crippen molar-refractivity contribution in [2.45, 2.75) is 19.3 Å². The van der Waals surface area contributed by atoms with Crippen LogP contribution in [-0.4, -0.2) is 32.8 Å². The number of carbonyl (C=O) groups excluding carboxylic acids is 3. The van der Waals surface area contributed by atoms with Crippen LogP contribution < -0.4 is 5.73 Å². The number of fused-ring (bicyclic) bond motifs is 3. The van der Waals surface area contributed by atoms with Gasteiger partial charge in [0.1, 0.15) is 22.8 Å². The van der Waals surface area contributed by atoms with E-state index >= 15 is 0 Å². The average molecular weight is 435 g/mol. The van der Waals surface area contributed by atoms with Crippen LogP contribution in [0.25, 0.3) is 11.6 Å². The molecule has 0 spiro atoms. The van der Waals surface area contributed by atoms with Crippen molar-refractivity contribution < 1.29 is 42.9 Å². The van der Waals surface area contributed by atoms with Gasteiger partial charge >= 0.3 is 6.08 Å². The normalized spacial score (nSPS) is 25.1. The summed E-state index contributed by atoms with van der Waals surface area (Å²) >= 11 is 0. The molecule has 0 radical (unpaired) electrons. The molecule has 1 aromatic carbocycles. The van der Waals surface area contributed by atoms with E-state index in [0.29, 0.717) is 0 Å². The van der Waals surface area contributed by atoms with Crippen LogP contribution >= 0.6 is 0 Å². The fourth-order valence-corrected chi connectivity index (χ4v) is 4.95. The molecule has 0 heterocycles. The molecule has 0 aromatic heterocycles. The minimum absolute atomic E-state index is 0.0790. The summed E-state index contributed by atoms with van der Waals surface area (Å²) in [5.74, 6) is -9.29. The van der Waals surface area contributed by atoms with Crippen LogP contribution in [0.2, 0.25) is 0 Å². The first kappa shape index (κ1) is 20.7. The fourth-order valence-electron chi connectivity index (χ4n) is 4.95. The summed E-state index contributed by atoms with van der Waals surface area (Å²) in [7, 11) is 0. The highest BCUT2D eigenvalue weighted by atomic mass is 19.3. The van der Waals surface area contributed by atoms with Crippen molar-refractivity contribution in [3.8, 4) is 5.75 Å². The molecule has 0 aliphatic heterocycles. The molecule has 4 rings (SSSR count). The van der Waals surface area contributed by atoms with Crippen LogP contribution in [0, 0.1) is 17.8 Å². The largest absolute Gasteiger partial charge is 0.511 e. The van der Waals surface area contributed by atoms with E-state index < -0.39 is 75.5 Å². The lowest BCUT2D eigenvalue weighted by Gasteiger charge is -2.41. The molecule has 1 fully saturated rings. The molecule has 162 valence electrons. The Morgan fingerprint density at radius 3 is 2.35 bits per heavy atom. The monoisotopic (exact) mass is 435 g/mol. The number of aliphatic hydroxyl groups excluding tert-OH is 2. The summed E-state index contributed by atoms with van der Waals surface area (Å²) in [6.45, 7) is 0. The molecule has 1 amide bonds. The molecule has 31 heavy (non-hydrogen) atoms. The van der Waals surface area contributed by atoms with Gasteiger partial charge in [-0.15, -0.1) is 0 Å². The molecule has 1 saturated carbocycles. The maximum atomic E-state index is 14.1. The number of aromatic hydroxyl groups is 1. The molecule has 10 heteroatoms. The van der Waals surface area contributed by atoms with Crippen LogP contribution in [0.15, 0.2) is 35.1 Å². The topological polar surface area (TPSA) is 138 Å². The van der Waals surface area contributed by atoms with Gasteiger partial charge in [0.25, 0.3) is 5.91 Å². The number of amides is 1. The lowest BCUT2D eigenvalue weighted by molar-refractivity contribution is -0.127. The smallest absolute Gasteiger partial charge is 0.306 e. The van der Waals surface area contributed by atoms with Crippen LogP contribution in [0.1, 0.15) is 29.5 Å². The second-order valence-electron chi connectivity index (χ2n) is 7.81. The number of ketones is 2. The number of aliphatic hydroxyl groups is 2. The van der Waals surface area contributed by atoms with Crippen LogP contribution in [0.4, 0.5) is 13.2 Å². The maximum Gasteiger partial charge on any atom is 0.306 e. The lowest BCUT2D eigenvalue weighted by atomic mass is 9.61. The third-order valence-corrected chi connectivity index (χ3v) is 6.17. The number of rotatable bonds is 2. The Morgan fingerprint density at radius 1 is 1.06 bits per heavy atom. The molecule has 3 atom stereocenters. The Morgan fingerprint density at radius 2 is 1.74 bits per heavy atom. The fraction of sp³-hybridized carbons (Fsp3) is 0.286. The molecular formula is C21H16F3NO6. The number of hydrogen-bond acceptors (Lipinski definition) is 6. The van der Waals surface area contributed by atoms with E-state index in [0.717, 1.165) is 12.1 Å². The Balaban J connectivity index is 1.91. The van der Waals surface area contributed by atoms with Crippen molar-refractivity contribution in [3.63, 3.8) is 0 Å². The number of carbonyl (C=O) groups is 3. The summed E-state index contributed by atoms with van der Waals surface area (Å²) in [5.41, 5.74) is 3.33. The Hall–Kier alpha value is -3.56. The van der Waals surface area contributed by atoms with Gasteiger partial charge in [-0.25, -0.2) is 4.39 Å². The SMILES string of the molecule is NC(=O)C1=C(O)C2C(=O)C3=C(O)c4c(O)ccc(C(F)=C(F)F)c4CC3CC2CC1=O. The highest BCUT2D eigenvalue weighted by Crippen LogP contribution is 2.51. The van der Waals surface area contributed by atoms with Gasteiger partial charge in [0.2, 0.25) is 0 Å². The van der Waals surface area contributed by atoms with Gasteiger partial charge in [0, 0.05) is 17.6 Å². The summed E-state index contributed by atoms with van der Waals surface area (Å²) in [6.07, 6.45) is -2.91. The Kier molecular flexibility index (Phi) is 4.68. The molecule has 7 nitrogen and oxygen atoms in total. The lowest BCUT2D eigenvalue weighted by Crippen LogP contribution is -2.44. The average Bonchev–Trinajstić information content (AvgIpc) is 2.66. The van der Waals surface area contributed by atoms with E-state index in [4.69, 9.17) is 5.73 Å². The number of primary amides is 1. The summed E-state index contributed by atoms with van der Waals surface area (Å²) in [6, 6.07) is 1.87. The number of allylic oxidation sites excluding steroid dienone is 2. The molecular weight excluding hydrogens is 419 g/mol. The number of benzene rings is 1. The van der Waals surface area contributed by atoms with Gasteiger partial charge in [-0.2, -0.15) is 8.78 Å². The second-order valence-corrected chi connectivity index (χ2v) is 7.81. The zero-order valence-electron chi connectivity index (χ0n) is 15.8. The predicted molar refractivity (Wildman–Crippen MR) is 100 cm³/mol. The summed E-state index contributed by atoms with van der Waals surface area (Å²) in [5, 5.41) is 31.4. The number of phenols is 1. The van der Waals surface area contributed by atoms with Gasteiger partial charge < -0.3 is 21.1 Å². The zero-order valence-corrected chi connectivity index (χ0v) is 15.8. The number of Topliss-reactive ketones (excluding diaryl/α,β-unsaturated/α-hetero) is 2. The second kappa shape index (κ2) is 7.00. The van der Waals surface area contributed by atoms with Gasteiger partial charge in [0.15, 0.2) is 17.4 Å². The standard InChI is InChI=1S/C21H16F3NO6/c22-16(20(23)24)8-1-2-10(26)14-9(8)4-6-3-7-5-11(27)15(21(25)31)19(30)13(7)17(28)12(6)18(14)29/h1-2,6-7,13,26,29-30H,3-5H2,(H2,25,31). The predicted octanol–water partition coefficient (Wildman–Crippen LogP) is 2.84. The molecule has 3 unspecified atom stereocenters. The zero-order chi connectivity index (χ0) is 22.8. The van der Waals surface area contributed by atoms with E-state index in [9.17, 15) is 42.9 Å². The maximum absolute atomic E-state index is 14.1. The first-order chi connectivity index (χ1) is 14.5. The molecule has 1 aromatic rings. The Labute approximate surface area is 173 Å². The minimum Gasteiger partial charge on any atom is -0.511 e. The number of phenolic OH excluding ortho intramolecular Hbond substituents is 1. The van der Waals surface area contributed by atoms with Gasteiger partial charge in [0.05, 0.1) is 11.5 Å². The van der Waals surface area contributed by atoms with Crippen molar-refractivity contribution in [1.82, 2.24) is 0 Å². The van der Waals surface area contributed by atoms with Gasteiger partial charge in [-0.3, -0.25) is 14.4 Å². The molecule has 0 bridgehead atoms. The van der Waals surface area contributed by atoms with Crippen molar-refractivity contribution in [2.24, 2.45) is 23.5 Å². The van der Waals surface area contributed by atoms with Crippen LogP contribution in [0.5, 0.6) is 5.75 Å². The van der Waals surface area contributed by atoms with E-state index in [1.54, 1.807) is 0 Å². The van der Waals surface area contributed by atoms with E-state index in [2.05, 4.69) is 0 Å². The molecule has 5 N–H and O–H groups in total. The minimum atomic E-state index is -2.58. The van der Waals surface area contributed by atoms with E-state index in [-0.39, 0.29) is 36.0 Å².